The molecule has 0 aromatic rings. The molecule has 1 N–H and O–H groups in total. The highest BCUT2D eigenvalue weighted by molar-refractivity contribution is 4.85. The largest absolute Gasteiger partial charge is 0.314 e. The first kappa shape index (κ1) is 10.5. The Morgan fingerprint density at radius 2 is 1.79 bits per heavy atom. The molecule has 82 valence electrons. The summed E-state index contributed by atoms with van der Waals surface area (Å²) in [5.41, 5.74) is 0. The highest BCUT2D eigenvalue weighted by Gasteiger charge is 2.29. The summed E-state index contributed by atoms with van der Waals surface area (Å²) in [7, 11) is 0. The van der Waals surface area contributed by atoms with Crippen molar-refractivity contribution in [1.29, 1.82) is 0 Å². The number of hydrogen-bond donors (Lipinski definition) is 1. The molecule has 0 spiro atoms. The van der Waals surface area contributed by atoms with Gasteiger partial charge in [0, 0.05) is 6.04 Å². The molecule has 0 saturated heterocycles. The lowest BCUT2D eigenvalue weighted by molar-refractivity contribution is 0.202. The van der Waals surface area contributed by atoms with Gasteiger partial charge in [0.2, 0.25) is 0 Å². The van der Waals surface area contributed by atoms with Crippen LogP contribution in [0.2, 0.25) is 0 Å². The van der Waals surface area contributed by atoms with Crippen LogP contribution in [0.1, 0.15) is 58.3 Å². The molecule has 1 heteroatoms. The minimum Gasteiger partial charge on any atom is -0.314 e. The van der Waals surface area contributed by atoms with Gasteiger partial charge in [0.05, 0.1) is 0 Å². The Kier molecular flexibility index (Phi) is 3.86. The Morgan fingerprint density at radius 3 is 2.29 bits per heavy atom. The molecule has 14 heavy (non-hydrogen) atoms. The maximum Gasteiger partial charge on any atom is 0.00978 e. The summed E-state index contributed by atoms with van der Waals surface area (Å²) in [4.78, 5) is 0. The van der Waals surface area contributed by atoms with Gasteiger partial charge in [-0.25, -0.2) is 0 Å². The maximum absolute atomic E-state index is 3.71. The second-order valence-electron chi connectivity index (χ2n) is 5.24. The molecule has 0 aromatic heterocycles. The van der Waals surface area contributed by atoms with E-state index in [-0.39, 0.29) is 0 Å². The van der Waals surface area contributed by atoms with Crippen molar-refractivity contribution in [3.8, 4) is 0 Å². The van der Waals surface area contributed by atoms with Crippen molar-refractivity contribution in [2.75, 3.05) is 6.54 Å². The first-order chi connectivity index (χ1) is 6.90. The topological polar surface area (TPSA) is 12.0 Å². The van der Waals surface area contributed by atoms with Crippen LogP contribution < -0.4 is 5.32 Å². The fourth-order valence-corrected chi connectivity index (χ4v) is 3.15. The first-order valence-electron chi connectivity index (χ1n) is 6.63. The molecule has 0 radical (unpaired) electrons. The maximum atomic E-state index is 3.71. The van der Waals surface area contributed by atoms with Gasteiger partial charge in [-0.15, -0.1) is 0 Å². The van der Waals surface area contributed by atoms with E-state index in [1.54, 1.807) is 0 Å². The van der Waals surface area contributed by atoms with E-state index in [9.17, 15) is 0 Å². The van der Waals surface area contributed by atoms with Gasteiger partial charge in [0.15, 0.2) is 0 Å². The Hall–Kier alpha value is -0.0400. The third-order valence-electron chi connectivity index (χ3n) is 4.25. The third kappa shape index (κ3) is 2.50. The zero-order valence-corrected chi connectivity index (χ0v) is 9.60. The molecule has 0 aromatic carbocycles. The normalized spacial score (nSPS) is 26.4. The van der Waals surface area contributed by atoms with Gasteiger partial charge in [-0.2, -0.15) is 0 Å². The SMILES string of the molecule is CCNC(CC1CCCC1)C1CCC1. The fraction of sp³-hybridized carbons (Fsp3) is 1.00. The molecule has 2 saturated carbocycles. The lowest BCUT2D eigenvalue weighted by Crippen LogP contribution is -2.40. The second-order valence-corrected chi connectivity index (χ2v) is 5.24. The second kappa shape index (κ2) is 5.16. The standard InChI is InChI=1S/C13H25N/c1-2-14-13(12-8-5-9-12)10-11-6-3-4-7-11/h11-14H,2-10H2,1H3. The first-order valence-corrected chi connectivity index (χ1v) is 6.63. The zero-order chi connectivity index (χ0) is 9.80. The van der Waals surface area contributed by atoms with E-state index >= 15 is 0 Å². The van der Waals surface area contributed by atoms with Crippen LogP contribution >= 0.6 is 0 Å². The molecule has 1 atom stereocenters. The summed E-state index contributed by atoms with van der Waals surface area (Å²) >= 11 is 0. The van der Waals surface area contributed by atoms with Crippen LogP contribution in [-0.4, -0.2) is 12.6 Å². The van der Waals surface area contributed by atoms with Crippen LogP contribution in [0, 0.1) is 11.8 Å². The average molecular weight is 195 g/mol. The van der Waals surface area contributed by atoms with Crippen LogP contribution in [0.15, 0.2) is 0 Å². The summed E-state index contributed by atoms with van der Waals surface area (Å²) in [5.74, 6) is 2.08. The van der Waals surface area contributed by atoms with E-state index in [4.69, 9.17) is 0 Å². The molecule has 2 aliphatic carbocycles. The Bertz CT molecular complexity index is 157. The minimum absolute atomic E-state index is 0.858. The third-order valence-corrected chi connectivity index (χ3v) is 4.25. The van der Waals surface area contributed by atoms with Crippen molar-refractivity contribution in [3.63, 3.8) is 0 Å². The van der Waals surface area contributed by atoms with E-state index < -0.39 is 0 Å². The predicted octanol–water partition coefficient (Wildman–Crippen LogP) is 3.34. The van der Waals surface area contributed by atoms with Gasteiger partial charge in [-0.1, -0.05) is 39.0 Å². The van der Waals surface area contributed by atoms with Crippen molar-refractivity contribution in [2.45, 2.75) is 64.3 Å². The van der Waals surface area contributed by atoms with Gasteiger partial charge in [0.25, 0.3) is 0 Å². The quantitative estimate of drug-likeness (QED) is 0.709. The monoisotopic (exact) mass is 195 g/mol. The smallest absolute Gasteiger partial charge is 0.00978 e. The minimum atomic E-state index is 0.858. The Balaban J connectivity index is 1.76. The molecule has 2 aliphatic rings. The van der Waals surface area contributed by atoms with Crippen molar-refractivity contribution in [3.05, 3.63) is 0 Å². The summed E-state index contributed by atoms with van der Waals surface area (Å²) in [6.45, 7) is 3.41. The molecule has 1 unspecified atom stereocenters. The van der Waals surface area contributed by atoms with Crippen LogP contribution in [0.4, 0.5) is 0 Å². The highest BCUT2D eigenvalue weighted by atomic mass is 14.9. The average Bonchev–Trinajstić information content (AvgIpc) is 2.54. The number of hydrogen-bond acceptors (Lipinski definition) is 1. The van der Waals surface area contributed by atoms with Gasteiger partial charge in [-0.3, -0.25) is 0 Å². The molecule has 1 nitrogen and oxygen atoms in total. The highest BCUT2D eigenvalue weighted by Crippen LogP contribution is 2.36. The van der Waals surface area contributed by atoms with Gasteiger partial charge >= 0.3 is 0 Å². The van der Waals surface area contributed by atoms with Gasteiger partial charge in [-0.05, 0) is 37.6 Å². The van der Waals surface area contributed by atoms with Crippen LogP contribution in [0.25, 0.3) is 0 Å². The Labute approximate surface area is 88.7 Å². The fourth-order valence-electron chi connectivity index (χ4n) is 3.15. The lowest BCUT2D eigenvalue weighted by Gasteiger charge is -2.35. The molecule has 2 rings (SSSR count). The van der Waals surface area contributed by atoms with E-state index in [0.29, 0.717) is 0 Å². The zero-order valence-electron chi connectivity index (χ0n) is 9.60. The van der Waals surface area contributed by atoms with Gasteiger partial charge in [0.1, 0.15) is 0 Å². The van der Waals surface area contributed by atoms with Crippen molar-refractivity contribution in [2.24, 2.45) is 11.8 Å². The van der Waals surface area contributed by atoms with E-state index in [2.05, 4.69) is 12.2 Å². The Morgan fingerprint density at radius 1 is 1.07 bits per heavy atom. The molecule has 0 heterocycles. The molecular weight excluding hydrogens is 170 g/mol. The van der Waals surface area contributed by atoms with Crippen LogP contribution in [0.5, 0.6) is 0 Å². The van der Waals surface area contributed by atoms with E-state index in [1.165, 1.54) is 51.4 Å². The molecular formula is C13H25N. The summed E-state index contributed by atoms with van der Waals surface area (Å²) in [6, 6.07) is 0.858. The van der Waals surface area contributed by atoms with E-state index in [1.807, 2.05) is 0 Å². The van der Waals surface area contributed by atoms with E-state index in [0.717, 1.165) is 24.4 Å². The molecule has 0 bridgehead atoms. The van der Waals surface area contributed by atoms with Crippen LogP contribution in [-0.2, 0) is 0 Å². The number of nitrogens with one attached hydrogen (secondary N) is 1. The van der Waals surface area contributed by atoms with Gasteiger partial charge < -0.3 is 5.32 Å². The summed E-state index contributed by atoms with van der Waals surface area (Å²) in [5, 5.41) is 3.71. The predicted molar refractivity (Wildman–Crippen MR) is 61.4 cm³/mol. The van der Waals surface area contributed by atoms with Crippen molar-refractivity contribution in [1.82, 2.24) is 5.32 Å². The van der Waals surface area contributed by atoms with Crippen molar-refractivity contribution >= 4 is 0 Å². The molecule has 0 amide bonds. The molecule has 0 aliphatic heterocycles. The van der Waals surface area contributed by atoms with Crippen LogP contribution in [0.3, 0.4) is 0 Å². The summed E-state index contributed by atoms with van der Waals surface area (Å²) in [6.07, 6.45) is 11.9. The lowest BCUT2D eigenvalue weighted by atomic mass is 9.76. The van der Waals surface area contributed by atoms with Crippen molar-refractivity contribution < 1.29 is 0 Å². The number of rotatable bonds is 5. The summed E-state index contributed by atoms with van der Waals surface area (Å²) < 4.78 is 0. The molecule has 2 fully saturated rings.